The third-order valence-corrected chi connectivity index (χ3v) is 3.29. The summed E-state index contributed by atoms with van der Waals surface area (Å²) in [5.41, 5.74) is 7.64. The third-order valence-electron chi connectivity index (χ3n) is 3.29. The molecule has 2 heterocycles. The number of ether oxygens (including phenoxy) is 1. The first-order chi connectivity index (χ1) is 10.6. The maximum absolute atomic E-state index is 5.73. The summed E-state index contributed by atoms with van der Waals surface area (Å²) in [6.07, 6.45) is 1.72. The van der Waals surface area contributed by atoms with E-state index in [1.54, 1.807) is 10.9 Å². The molecule has 0 spiro atoms. The first-order valence-corrected chi connectivity index (χ1v) is 7.02. The molecule has 0 unspecified atom stereocenters. The quantitative estimate of drug-likeness (QED) is 0.697. The van der Waals surface area contributed by atoms with Crippen molar-refractivity contribution in [3.05, 3.63) is 36.0 Å². The molecule has 114 valence electrons. The van der Waals surface area contributed by atoms with Gasteiger partial charge in [-0.2, -0.15) is 15.1 Å². The van der Waals surface area contributed by atoms with Gasteiger partial charge in [-0.15, -0.1) is 0 Å². The molecule has 0 aliphatic carbocycles. The fourth-order valence-corrected chi connectivity index (χ4v) is 2.15. The average molecular weight is 298 g/mol. The molecule has 3 rings (SSSR count). The summed E-state index contributed by atoms with van der Waals surface area (Å²) >= 11 is 0. The maximum Gasteiger partial charge on any atom is 0.224 e. The molecule has 0 radical (unpaired) electrons. The van der Waals surface area contributed by atoms with E-state index in [9.17, 15) is 0 Å². The van der Waals surface area contributed by atoms with Crippen LogP contribution in [0.1, 0.15) is 5.56 Å². The molecule has 7 heteroatoms. The largest absolute Gasteiger partial charge is 0.492 e. The van der Waals surface area contributed by atoms with Crippen molar-refractivity contribution in [1.29, 1.82) is 0 Å². The Labute approximate surface area is 128 Å². The lowest BCUT2D eigenvalue weighted by Gasteiger charge is -2.09. The van der Waals surface area contributed by atoms with E-state index in [0.29, 0.717) is 24.6 Å². The van der Waals surface area contributed by atoms with Crippen LogP contribution in [0.15, 0.2) is 30.5 Å². The highest BCUT2D eigenvalue weighted by Crippen LogP contribution is 2.20. The van der Waals surface area contributed by atoms with Gasteiger partial charge in [-0.3, -0.25) is 4.68 Å². The highest BCUT2D eigenvalue weighted by Gasteiger charge is 2.09. The summed E-state index contributed by atoms with van der Waals surface area (Å²) in [5, 5.41) is 8.22. The molecule has 0 amide bonds. The fraction of sp³-hybridized carbons (Fsp3) is 0.267. The van der Waals surface area contributed by atoms with Gasteiger partial charge in [-0.05, 0) is 19.1 Å². The van der Waals surface area contributed by atoms with Gasteiger partial charge in [-0.1, -0.05) is 17.7 Å². The summed E-state index contributed by atoms with van der Waals surface area (Å²) in [7, 11) is 1.82. The van der Waals surface area contributed by atoms with Crippen LogP contribution in [0, 0.1) is 6.92 Å². The number of fused-ring (bicyclic) bond motifs is 1. The zero-order valence-electron chi connectivity index (χ0n) is 12.6. The molecule has 3 N–H and O–H groups in total. The predicted octanol–water partition coefficient (Wildman–Crippen LogP) is 1.74. The van der Waals surface area contributed by atoms with Gasteiger partial charge < -0.3 is 15.8 Å². The number of anilines is 2. The normalized spacial score (nSPS) is 10.8. The molecule has 0 aliphatic rings. The van der Waals surface area contributed by atoms with Crippen molar-refractivity contribution in [3.63, 3.8) is 0 Å². The van der Waals surface area contributed by atoms with Gasteiger partial charge in [0.2, 0.25) is 5.95 Å². The lowest BCUT2D eigenvalue weighted by atomic mass is 10.2. The molecule has 7 nitrogen and oxygen atoms in total. The van der Waals surface area contributed by atoms with Gasteiger partial charge in [-0.25, -0.2) is 0 Å². The maximum atomic E-state index is 5.73. The van der Waals surface area contributed by atoms with Gasteiger partial charge in [0.1, 0.15) is 18.2 Å². The lowest BCUT2D eigenvalue weighted by molar-refractivity contribution is 0.332. The standard InChI is InChI=1S/C15H18N6O/c1-10-3-5-11(6-4-10)22-8-7-17-13-12-9-18-21(2)14(12)20-15(16)19-13/h3-6,9H,7-8H2,1-2H3,(H3,16,17,19,20). The number of rotatable bonds is 5. The molecule has 0 atom stereocenters. The molecular formula is C15H18N6O. The molecule has 0 saturated carbocycles. The second-order valence-corrected chi connectivity index (χ2v) is 5.02. The van der Waals surface area contributed by atoms with Crippen molar-refractivity contribution in [2.45, 2.75) is 6.92 Å². The Morgan fingerprint density at radius 1 is 1.23 bits per heavy atom. The first-order valence-electron chi connectivity index (χ1n) is 7.02. The zero-order valence-corrected chi connectivity index (χ0v) is 12.6. The first kappa shape index (κ1) is 14.1. The molecule has 3 aromatic rings. The number of hydrogen-bond donors (Lipinski definition) is 2. The average Bonchev–Trinajstić information content (AvgIpc) is 2.87. The van der Waals surface area contributed by atoms with Crippen molar-refractivity contribution >= 4 is 22.8 Å². The summed E-state index contributed by atoms with van der Waals surface area (Å²) in [6.45, 7) is 3.17. The minimum atomic E-state index is 0.220. The van der Waals surface area contributed by atoms with E-state index in [-0.39, 0.29) is 5.95 Å². The molecule has 1 aromatic carbocycles. The van der Waals surface area contributed by atoms with Gasteiger partial charge in [0.05, 0.1) is 18.1 Å². The van der Waals surface area contributed by atoms with Crippen LogP contribution in [0.4, 0.5) is 11.8 Å². The minimum absolute atomic E-state index is 0.220. The second kappa shape index (κ2) is 5.88. The Bertz CT molecular complexity index is 781. The van der Waals surface area contributed by atoms with E-state index in [2.05, 4.69) is 20.4 Å². The summed E-state index contributed by atoms with van der Waals surface area (Å²) in [4.78, 5) is 8.39. The van der Waals surface area contributed by atoms with Gasteiger partial charge in [0.15, 0.2) is 5.65 Å². The van der Waals surface area contributed by atoms with Crippen molar-refractivity contribution < 1.29 is 4.74 Å². The van der Waals surface area contributed by atoms with E-state index in [1.165, 1.54) is 5.56 Å². The van der Waals surface area contributed by atoms with E-state index >= 15 is 0 Å². The lowest BCUT2D eigenvalue weighted by Crippen LogP contribution is -2.13. The molecule has 0 bridgehead atoms. The van der Waals surface area contributed by atoms with Crippen LogP contribution in [0.2, 0.25) is 0 Å². The Hall–Kier alpha value is -2.83. The van der Waals surface area contributed by atoms with E-state index in [0.717, 1.165) is 11.1 Å². The van der Waals surface area contributed by atoms with Crippen molar-refractivity contribution in [3.8, 4) is 5.75 Å². The van der Waals surface area contributed by atoms with Gasteiger partial charge in [0, 0.05) is 7.05 Å². The fourth-order valence-electron chi connectivity index (χ4n) is 2.15. The van der Waals surface area contributed by atoms with Crippen LogP contribution in [-0.2, 0) is 7.05 Å². The molecular weight excluding hydrogens is 280 g/mol. The summed E-state index contributed by atoms with van der Waals surface area (Å²) in [6, 6.07) is 7.95. The van der Waals surface area contributed by atoms with Crippen LogP contribution in [0.3, 0.4) is 0 Å². The minimum Gasteiger partial charge on any atom is -0.492 e. The molecule has 0 saturated heterocycles. The summed E-state index contributed by atoms with van der Waals surface area (Å²) in [5.74, 6) is 1.74. The van der Waals surface area contributed by atoms with Crippen LogP contribution >= 0.6 is 0 Å². The number of nitrogens with two attached hydrogens (primary N) is 1. The van der Waals surface area contributed by atoms with E-state index < -0.39 is 0 Å². The molecule has 0 aliphatic heterocycles. The van der Waals surface area contributed by atoms with Gasteiger partial charge in [0.25, 0.3) is 0 Å². The number of nitrogen functional groups attached to an aromatic ring is 1. The van der Waals surface area contributed by atoms with Crippen LogP contribution in [0.5, 0.6) is 5.75 Å². The van der Waals surface area contributed by atoms with Crippen molar-refractivity contribution in [2.75, 3.05) is 24.2 Å². The van der Waals surface area contributed by atoms with Crippen molar-refractivity contribution in [1.82, 2.24) is 19.7 Å². The molecule has 22 heavy (non-hydrogen) atoms. The highest BCUT2D eigenvalue weighted by molar-refractivity contribution is 5.87. The second-order valence-electron chi connectivity index (χ2n) is 5.02. The Kier molecular flexibility index (Phi) is 3.78. The summed E-state index contributed by atoms with van der Waals surface area (Å²) < 4.78 is 7.34. The van der Waals surface area contributed by atoms with Crippen molar-refractivity contribution in [2.24, 2.45) is 7.05 Å². The third kappa shape index (κ3) is 2.93. The number of aromatic nitrogens is 4. The van der Waals surface area contributed by atoms with Crippen LogP contribution in [0.25, 0.3) is 11.0 Å². The Balaban J connectivity index is 1.63. The number of aryl methyl sites for hydroxylation is 2. The van der Waals surface area contributed by atoms with E-state index in [1.807, 2.05) is 38.2 Å². The topological polar surface area (TPSA) is 90.9 Å². The predicted molar refractivity (Wildman–Crippen MR) is 85.9 cm³/mol. The molecule has 0 fully saturated rings. The Morgan fingerprint density at radius 2 is 2.00 bits per heavy atom. The monoisotopic (exact) mass is 298 g/mol. The smallest absolute Gasteiger partial charge is 0.224 e. The highest BCUT2D eigenvalue weighted by atomic mass is 16.5. The zero-order chi connectivity index (χ0) is 15.5. The van der Waals surface area contributed by atoms with Crippen LogP contribution < -0.4 is 15.8 Å². The number of hydrogen-bond acceptors (Lipinski definition) is 6. The van der Waals surface area contributed by atoms with Crippen LogP contribution in [-0.4, -0.2) is 32.9 Å². The van der Waals surface area contributed by atoms with Gasteiger partial charge >= 0.3 is 0 Å². The SMILES string of the molecule is Cc1ccc(OCCNc2nc(N)nc3c2cnn3C)cc1. The Morgan fingerprint density at radius 3 is 2.77 bits per heavy atom. The number of nitrogens with one attached hydrogen (secondary N) is 1. The number of benzene rings is 1. The molecule has 2 aromatic heterocycles. The number of nitrogens with zero attached hydrogens (tertiary/aromatic N) is 4. The van der Waals surface area contributed by atoms with E-state index in [4.69, 9.17) is 10.5 Å².